The minimum atomic E-state index is -0.387. The smallest absolute Gasteiger partial charge is 0.320 e. The Labute approximate surface area is 162 Å². The Kier molecular flexibility index (Phi) is 6.77. The molecule has 0 saturated carbocycles. The summed E-state index contributed by atoms with van der Waals surface area (Å²) >= 11 is 0. The fourth-order valence-corrected chi connectivity index (χ4v) is 2.67. The number of ether oxygens (including phenoxy) is 3. The first kappa shape index (κ1) is 19.6. The Morgan fingerprint density at radius 2 is 2.04 bits per heavy atom. The largest absolute Gasteiger partial charge is 0.479 e. The fourth-order valence-electron chi connectivity index (χ4n) is 2.67. The number of carbonyl (C=O) groups is 1. The standard InChI is InChI=1S/C19H23N5O4/c1-26-8-9-28-12-16(13-6-4-3-5-7-13)21-19(25)22-17-10-15-14(11-20-17)18(27-2)24-23-15/h3-7,10-11,16H,8-9,12H2,1-2H3,(H,23,24)(H2,20,21,22,25). The number of anilines is 1. The molecule has 0 spiro atoms. The number of pyridine rings is 1. The Hall–Kier alpha value is -3.17. The van der Waals surface area contributed by atoms with E-state index < -0.39 is 0 Å². The highest BCUT2D eigenvalue weighted by molar-refractivity contribution is 5.92. The number of urea groups is 1. The van der Waals surface area contributed by atoms with E-state index >= 15 is 0 Å². The lowest BCUT2D eigenvalue weighted by atomic mass is 10.1. The van der Waals surface area contributed by atoms with Gasteiger partial charge in [0.15, 0.2) is 0 Å². The van der Waals surface area contributed by atoms with Crippen LogP contribution < -0.4 is 15.4 Å². The third-order valence-corrected chi connectivity index (χ3v) is 4.07. The van der Waals surface area contributed by atoms with Gasteiger partial charge in [-0.05, 0) is 5.56 Å². The zero-order valence-corrected chi connectivity index (χ0v) is 15.8. The summed E-state index contributed by atoms with van der Waals surface area (Å²) < 4.78 is 15.7. The van der Waals surface area contributed by atoms with Crippen molar-refractivity contribution in [1.82, 2.24) is 20.5 Å². The highest BCUT2D eigenvalue weighted by Crippen LogP contribution is 2.23. The number of carbonyl (C=O) groups excluding carboxylic acids is 1. The summed E-state index contributed by atoms with van der Waals surface area (Å²) in [4.78, 5) is 16.7. The van der Waals surface area contributed by atoms with E-state index in [9.17, 15) is 4.79 Å². The van der Waals surface area contributed by atoms with Crippen molar-refractivity contribution in [2.24, 2.45) is 0 Å². The third-order valence-electron chi connectivity index (χ3n) is 4.07. The molecule has 0 radical (unpaired) electrons. The van der Waals surface area contributed by atoms with Crippen LogP contribution in [0.1, 0.15) is 11.6 Å². The van der Waals surface area contributed by atoms with E-state index in [1.807, 2.05) is 30.3 Å². The predicted octanol–water partition coefficient (Wildman–Crippen LogP) is 2.49. The molecule has 1 aromatic carbocycles. The van der Waals surface area contributed by atoms with Gasteiger partial charge in [-0.3, -0.25) is 10.4 Å². The second-order valence-corrected chi connectivity index (χ2v) is 5.98. The van der Waals surface area contributed by atoms with Crippen molar-refractivity contribution in [1.29, 1.82) is 0 Å². The number of hydrogen-bond acceptors (Lipinski definition) is 6. The van der Waals surface area contributed by atoms with Crippen LogP contribution in [0.15, 0.2) is 42.6 Å². The first-order chi connectivity index (χ1) is 13.7. The monoisotopic (exact) mass is 385 g/mol. The Balaban J connectivity index is 1.65. The molecule has 9 nitrogen and oxygen atoms in total. The quantitative estimate of drug-likeness (QED) is 0.488. The van der Waals surface area contributed by atoms with Gasteiger partial charge in [0, 0.05) is 19.4 Å². The van der Waals surface area contributed by atoms with Gasteiger partial charge in [-0.15, -0.1) is 5.10 Å². The zero-order valence-electron chi connectivity index (χ0n) is 15.8. The molecule has 2 heterocycles. The minimum Gasteiger partial charge on any atom is -0.479 e. The average molecular weight is 385 g/mol. The molecule has 0 aliphatic carbocycles. The van der Waals surface area contributed by atoms with Crippen molar-refractivity contribution >= 4 is 22.8 Å². The van der Waals surface area contributed by atoms with E-state index in [-0.39, 0.29) is 12.1 Å². The van der Waals surface area contributed by atoms with Gasteiger partial charge in [-0.1, -0.05) is 30.3 Å². The van der Waals surface area contributed by atoms with Gasteiger partial charge in [0.05, 0.1) is 43.9 Å². The van der Waals surface area contributed by atoms with Gasteiger partial charge in [0.25, 0.3) is 0 Å². The molecule has 2 amide bonds. The number of rotatable bonds is 9. The molecule has 3 rings (SSSR count). The second kappa shape index (κ2) is 9.67. The summed E-state index contributed by atoms with van der Waals surface area (Å²) in [5.41, 5.74) is 1.65. The van der Waals surface area contributed by atoms with Crippen LogP contribution in [-0.4, -0.2) is 55.3 Å². The molecule has 0 aliphatic rings. The van der Waals surface area contributed by atoms with E-state index in [4.69, 9.17) is 14.2 Å². The lowest BCUT2D eigenvalue weighted by Gasteiger charge is -2.19. The van der Waals surface area contributed by atoms with E-state index in [2.05, 4.69) is 25.8 Å². The van der Waals surface area contributed by atoms with Crippen LogP contribution in [0, 0.1) is 0 Å². The molecule has 9 heteroatoms. The molecular formula is C19H23N5O4. The molecule has 148 valence electrons. The van der Waals surface area contributed by atoms with Crippen molar-refractivity contribution < 1.29 is 19.0 Å². The number of aromatic nitrogens is 3. The molecule has 0 aliphatic heterocycles. The van der Waals surface area contributed by atoms with Gasteiger partial charge >= 0.3 is 6.03 Å². The van der Waals surface area contributed by atoms with Crippen molar-refractivity contribution in [3.8, 4) is 5.88 Å². The first-order valence-corrected chi connectivity index (χ1v) is 8.78. The van der Waals surface area contributed by atoms with Gasteiger partial charge in [0.1, 0.15) is 5.82 Å². The summed E-state index contributed by atoms with van der Waals surface area (Å²) in [6.45, 7) is 1.26. The van der Waals surface area contributed by atoms with E-state index in [0.717, 1.165) is 10.9 Å². The number of aromatic amines is 1. The summed E-state index contributed by atoms with van der Waals surface area (Å²) in [6.07, 6.45) is 1.59. The molecule has 28 heavy (non-hydrogen) atoms. The van der Waals surface area contributed by atoms with E-state index in [1.54, 1.807) is 19.4 Å². The predicted molar refractivity (Wildman–Crippen MR) is 104 cm³/mol. The summed E-state index contributed by atoms with van der Waals surface area (Å²) in [6, 6.07) is 10.6. The van der Waals surface area contributed by atoms with Crippen LogP contribution in [0.25, 0.3) is 10.9 Å². The molecule has 0 fully saturated rings. The highest BCUT2D eigenvalue weighted by atomic mass is 16.5. The SMILES string of the molecule is COCCOCC(NC(=O)Nc1cc2[nH]nc(OC)c2cn1)c1ccccc1. The molecule has 0 saturated heterocycles. The van der Waals surface area contributed by atoms with Gasteiger partial charge in [-0.25, -0.2) is 9.78 Å². The maximum atomic E-state index is 12.5. The van der Waals surface area contributed by atoms with Crippen LogP contribution in [0.2, 0.25) is 0 Å². The second-order valence-electron chi connectivity index (χ2n) is 5.98. The van der Waals surface area contributed by atoms with Gasteiger partial charge in [0.2, 0.25) is 5.88 Å². The van der Waals surface area contributed by atoms with E-state index in [0.29, 0.717) is 37.0 Å². The molecular weight excluding hydrogens is 362 g/mol. The normalized spacial score (nSPS) is 11.9. The molecule has 2 aromatic heterocycles. The topological polar surface area (TPSA) is 110 Å². The Morgan fingerprint density at radius 1 is 1.21 bits per heavy atom. The molecule has 0 bridgehead atoms. The number of methoxy groups -OCH3 is 2. The summed E-state index contributed by atoms with van der Waals surface area (Å²) in [5.74, 6) is 0.847. The molecule has 1 atom stereocenters. The molecule has 3 aromatic rings. The molecule has 3 N–H and O–H groups in total. The Bertz CT molecular complexity index is 900. The number of hydrogen-bond donors (Lipinski definition) is 3. The number of benzene rings is 1. The van der Waals surface area contributed by atoms with Crippen LogP contribution in [0.4, 0.5) is 10.6 Å². The summed E-state index contributed by atoms with van der Waals surface area (Å²) in [5, 5.41) is 13.3. The van der Waals surface area contributed by atoms with Crippen molar-refractivity contribution in [3.63, 3.8) is 0 Å². The highest BCUT2D eigenvalue weighted by Gasteiger charge is 2.16. The Morgan fingerprint density at radius 3 is 2.79 bits per heavy atom. The third kappa shape index (κ3) is 4.96. The van der Waals surface area contributed by atoms with Crippen LogP contribution >= 0.6 is 0 Å². The number of nitrogens with one attached hydrogen (secondary N) is 3. The van der Waals surface area contributed by atoms with Crippen molar-refractivity contribution in [2.45, 2.75) is 6.04 Å². The molecule has 1 unspecified atom stereocenters. The van der Waals surface area contributed by atoms with Crippen molar-refractivity contribution in [2.75, 3.05) is 39.4 Å². The fraction of sp³-hybridized carbons (Fsp3) is 0.316. The maximum Gasteiger partial charge on any atom is 0.320 e. The average Bonchev–Trinajstić information content (AvgIpc) is 3.13. The van der Waals surface area contributed by atoms with Crippen LogP contribution in [0.3, 0.4) is 0 Å². The number of nitrogens with zero attached hydrogens (tertiary/aromatic N) is 2. The van der Waals surface area contributed by atoms with Crippen LogP contribution in [-0.2, 0) is 9.47 Å². The minimum absolute atomic E-state index is 0.311. The van der Waals surface area contributed by atoms with Crippen LogP contribution in [0.5, 0.6) is 5.88 Å². The summed E-state index contributed by atoms with van der Waals surface area (Å²) in [7, 11) is 3.15. The van der Waals surface area contributed by atoms with Crippen molar-refractivity contribution in [3.05, 3.63) is 48.2 Å². The maximum absolute atomic E-state index is 12.5. The van der Waals surface area contributed by atoms with E-state index in [1.165, 1.54) is 7.11 Å². The zero-order chi connectivity index (χ0) is 19.8. The lowest BCUT2D eigenvalue weighted by Crippen LogP contribution is -2.35. The number of amides is 2. The van der Waals surface area contributed by atoms with Gasteiger partial charge < -0.3 is 19.5 Å². The lowest BCUT2D eigenvalue weighted by molar-refractivity contribution is 0.0601. The number of H-pyrrole nitrogens is 1. The first-order valence-electron chi connectivity index (χ1n) is 8.78. The van der Waals surface area contributed by atoms with Gasteiger partial charge in [-0.2, -0.15) is 0 Å². The number of fused-ring (bicyclic) bond motifs is 1.